The van der Waals surface area contributed by atoms with Gasteiger partial charge in [-0.05, 0) is 51.0 Å². The molecule has 0 saturated heterocycles. The Morgan fingerprint density at radius 1 is 1.03 bits per heavy atom. The van der Waals surface area contributed by atoms with Crippen molar-refractivity contribution in [1.82, 2.24) is 19.8 Å². The zero-order valence-corrected chi connectivity index (χ0v) is 18.5. The molecule has 0 saturated carbocycles. The van der Waals surface area contributed by atoms with Crippen molar-refractivity contribution in [3.63, 3.8) is 0 Å². The van der Waals surface area contributed by atoms with Crippen molar-refractivity contribution in [1.29, 1.82) is 0 Å². The number of carbonyl (C=O) groups is 1. The number of fused-ring (bicyclic) bond motifs is 1. The summed E-state index contributed by atoms with van der Waals surface area (Å²) < 4.78 is 1.51. The minimum absolute atomic E-state index is 0.0820. The second kappa shape index (κ2) is 8.86. The average Bonchev–Trinajstić information content (AvgIpc) is 3.01. The average molecular weight is 412 g/mol. The Labute approximate surface area is 176 Å². The highest BCUT2D eigenvalue weighted by Gasteiger charge is 2.27. The molecule has 0 aliphatic carbocycles. The van der Waals surface area contributed by atoms with Crippen LogP contribution < -0.4 is 5.84 Å². The first-order valence-electron chi connectivity index (χ1n) is 9.94. The number of aromatic nitrogens is 3. The molecular weight excluding hydrogens is 382 g/mol. The molecule has 1 amide bonds. The van der Waals surface area contributed by atoms with E-state index < -0.39 is 0 Å². The number of benzene rings is 2. The van der Waals surface area contributed by atoms with Gasteiger partial charge in [-0.2, -0.15) is 0 Å². The molecule has 2 aromatic carbocycles. The van der Waals surface area contributed by atoms with E-state index in [4.69, 9.17) is 5.84 Å². The van der Waals surface area contributed by atoms with Crippen LogP contribution in [0.5, 0.6) is 0 Å². The van der Waals surface area contributed by atoms with Crippen LogP contribution in [0.2, 0.25) is 0 Å². The number of nitrogens with two attached hydrogens (primary N) is 1. The molecule has 0 aliphatic rings. The van der Waals surface area contributed by atoms with Crippen LogP contribution in [0, 0.1) is 0 Å². The van der Waals surface area contributed by atoms with E-state index in [0.717, 1.165) is 5.56 Å². The van der Waals surface area contributed by atoms with Crippen LogP contribution in [0.3, 0.4) is 0 Å². The Bertz CT molecular complexity index is 985. The summed E-state index contributed by atoms with van der Waals surface area (Å²) in [4.78, 5) is 14.8. The molecule has 7 heteroatoms. The lowest BCUT2D eigenvalue weighted by Gasteiger charge is -2.32. The van der Waals surface area contributed by atoms with Gasteiger partial charge in [0.15, 0.2) is 5.82 Å². The maximum Gasteiger partial charge on any atom is 0.236 e. The highest BCUT2D eigenvalue weighted by Crippen LogP contribution is 2.26. The molecule has 0 unspecified atom stereocenters. The molecular formula is C22H29N5OS. The summed E-state index contributed by atoms with van der Waals surface area (Å²) in [5.41, 5.74) is 1.15. The summed E-state index contributed by atoms with van der Waals surface area (Å²) in [6.45, 7) is 10.0. The second-order valence-electron chi connectivity index (χ2n) is 7.78. The number of nitrogen functional groups attached to an aromatic ring is 1. The number of carbonyl (C=O) groups excluding carboxylic acids is 1. The third-order valence-electron chi connectivity index (χ3n) is 4.96. The number of amides is 1. The Morgan fingerprint density at radius 3 is 2.38 bits per heavy atom. The fourth-order valence-electron chi connectivity index (χ4n) is 3.65. The van der Waals surface area contributed by atoms with E-state index in [2.05, 4.69) is 34.5 Å². The van der Waals surface area contributed by atoms with E-state index >= 15 is 0 Å². The van der Waals surface area contributed by atoms with E-state index in [9.17, 15) is 4.79 Å². The Morgan fingerprint density at radius 2 is 1.69 bits per heavy atom. The molecule has 154 valence electrons. The summed E-state index contributed by atoms with van der Waals surface area (Å²) in [6.07, 6.45) is 0.581. The lowest BCUT2D eigenvalue weighted by molar-refractivity contribution is -0.133. The Kier molecular flexibility index (Phi) is 6.47. The molecule has 29 heavy (non-hydrogen) atoms. The fraction of sp³-hybridized carbons (Fsp3) is 0.409. The molecule has 0 fully saturated rings. The first kappa shape index (κ1) is 21.2. The highest BCUT2D eigenvalue weighted by atomic mass is 32.2. The van der Waals surface area contributed by atoms with Crippen molar-refractivity contribution in [2.24, 2.45) is 0 Å². The molecule has 0 radical (unpaired) electrons. The topological polar surface area (TPSA) is 77.0 Å². The molecule has 6 nitrogen and oxygen atoms in total. The van der Waals surface area contributed by atoms with Crippen molar-refractivity contribution in [3.05, 3.63) is 53.9 Å². The predicted octanol–water partition coefficient (Wildman–Crippen LogP) is 3.86. The lowest BCUT2D eigenvalue weighted by atomic mass is 10.0. The van der Waals surface area contributed by atoms with Gasteiger partial charge in [0.2, 0.25) is 11.1 Å². The van der Waals surface area contributed by atoms with Gasteiger partial charge in [-0.15, -0.1) is 10.2 Å². The van der Waals surface area contributed by atoms with Gasteiger partial charge in [0.25, 0.3) is 0 Å². The van der Waals surface area contributed by atoms with E-state index in [1.165, 1.54) is 27.2 Å². The third kappa shape index (κ3) is 4.56. The SMILES string of the molecule is CC(C)N(C(=O)[C@H](C)Sc1nnc(Cc2cccc3ccccc23)n1N)C(C)C. The van der Waals surface area contributed by atoms with Crippen LogP contribution in [0.1, 0.15) is 46.0 Å². The van der Waals surface area contributed by atoms with Gasteiger partial charge in [0.05, 0.1) is 5.25 Å². The van der Waals surface area contributed by atoms with Crippen LogP contribution >= 0.6 is 11.8 Å². The standard InChI is InChI=1S/C22H29N5OS/c1-14(2)26(15(3)4)21(28)16(5)29-22-25-24-20(27(22)23)13-18-11-8-10-17-9-6-7-12-19(17)18/h6-12,14-16H,13,23H2,1-5H3/t16-/m0/s1. The summed E-state index contributed by atoms with van der Waals surface area (Å²) in [6, 6.07) is 14.8. The van der Waals surface area contributed by atoms with Gasteiger partial charge < -0.3 is 10.7 Å². The van der Waals surface area contributed by atoms with Gasteiger partial charge in [0.1, 0.15) is 0 Å². The molecule has 3 rings (SSSR count). The Balaban J connectivity index is 1.78. The molecule has 2 N–H and O–H groups in total. The van der Waals surface area contributed by atoms with Crippen LogP contribution in [0.4, 0.5) is 0 Å². The minimum Gasteiger partial charge on any atom is -0.337 e. The normalized spacial score (nSPS) is 12.7. The largest absolute Gasteiger partial charge is 0.337 e. The number of rotatable bonds is 7. The van der Waals surface area contributed by atoms with Crippen molar-refractivity contribution >= 4 is 28.4 Å². The quantitative estimate of drug-likeness (QED) is 0.472. The van der Waals surface area contributed by atoms with E-state index in [-0.39, 0.29) is 23.2 Å². The number of hydrogen-bond donors (Lipinski definition) is 1. The van der Waals surface area contributed by atoms with Crippen LogP contribution in [-0.2, 0) is 11.2 Å². The van der Waals surface area contributed by atoms with Gasteiger partial charge in [-0.25, -0.2) is 4.68 Å². The van der Waals surface area contributed by atoms with Gasteiger partial charge in [-0.3, -0.25) is 4.79 Å². The van der Waals surface area contributed by atoms with Gasteiger partial charge in [0, 0.05) is 18.5 Å². The summed E-state index contributed by atoms with van der Waals surface area (Å²) in [5.74, 6) is 7.04. The van der Waals surface area contributed by atoms with Crippen molar-refractivity contribution in [2.75, 3.05) is 5.84 Å². The molecule has 0 spiro atoms. The molecule has 0 bridgehead atoms. The van der Waals surface area contributed by atoms with Crippen molar-refractivity contribution in [3.8, 4) is 0 Å². The minimum atomic E-state index is -0.295. The first-order valence-corrected chi connectivity index (χ1v) is 10.8. The number of nitrogens with zero attached hydrogens (tertiary/aromatic N) is 4. The molecule has 1 heterocycles. The summed E-state index contributed by atoms with van der Waals surface area (Å²) >= 11 is 1.35. The van der Waals surface area contributed by atoms with Crippen molar-refractivity contribution < 1.29 is 4.79 Å². The van der Waals surface area contributed by atoms with Crippen LogP contribution in [0.15, 0.2) is 47.6 Å². The predicted molar refractivity (Wildman–Crippen MR) is 119 cm³/mol. The van der Waals surface area contributed by atoms with Crippen molar-refractivity contribution in [2.45, 2.75) is 63.5 Å². The zero-order chi connectivity index (χ0) is 21.1. The summed E-state index contributed by atoms with van der Waals surface area (Å²) in [5, 5.41) is 11.2. The number of hydrogen-bond acceptors (Lipinski definition) is 5. The smallest absolute Gasteiger partial charge is 0.236 e. The molecule has 1 aromatic heterocycles. The second-order valence-corrected chi connectivity index (χ2v) is 9.08. The lowest BCUT2D eigenvalue weighted by Crippen LogP contribution is -2.45. The molecule has 1 atom stereocenters. The Hall–Kier alpha value is -2.54. The maximum atomic E-state index is 12.9. The molecule has 3 aromatic rings. The van der Waals surface area contributed by atoms with E-state index in [1.54, 1.807) is 0 Å². The van der Waals surface area contributed by atoms with E-state index in [1.807, 2.05) is 57.7 Å². The summed E-state index contributed by atoms with van der Waals surface area (Å²) in [7, 11) is 0. The molecule has 0 aliphatic heterocycles. The fourth-order valence-corrected chi connectivity index (χ4v) is 4.49. The first-order chi connectivity index (χ1) is 13.8. The van der Waals surface area contributed by atoms with Crippen LogP contribution in [-0.4, -0.2) is 43.0 Å². The van der Waals surface area contributed by atoms with Crippen LogP contribution in [0.25, 0.3) is 10.8 Å². The zero-order valence-electron chi connectivity index (χ0n) is 17.7. The monoisotopic (exact) mass is 411 g/mol. The highest BCUT2D eigenvalue weighted by molar-refractivity contribution is 8.00. The maximum absolute atomic E-state index is 12.9. The third-order valence-corrected chi connectivity index (χ3v) is 6.01. The van der Waals surface area contributed by atoms with E-state index in [0.29, 0.717) is 17.4 Å². The van der Waals surface area contributed by atoms with Gasteiger partial charge in [-0.1, -0.05) is 54.2 Å². The van der Waals surface area contributed by atoms with Gasteiger partial charge >= 0.3 is 0 Å². The number of thioether (sulfide) groups is 1.